The number of nitrogens with zero attached hydrogens (tertiary/aromatic N) is 3. The van der Waals surface area contributed by atoms with Crippen molar-refractivity contribution >= 4 is 0 Å². The monoisotopic (exact) mass is 329 g/mol. The fourth-order valence-electron chi connectivity index (χ4n) is 3.75. The van der Waals surface area contributed by atoms with Crippen LogP contribution in [0, 0.1) is 6.92 Å². The van der Waals surface area contributed by atoms with Gasteiger partial charge in [-0.15, -0.1) is 0 Å². The molecule has 0 spiro atoms. The molecule has 6 heteroatoms. The van der Waals surface area contributed by atoms with E-state index in [2.05, 4.69) is 15.0 Å². The van der Waals surface area contributed by atoms with E-state index in [1.54, 1.807) is 6.20 Å². The summed E-state index contributed by atoms with van der Waals surface area (Å²) < 4.78 is 17.4. The number of fused-ring (bicyclic) bond motifs is 1. The number of aromatic nitrogens is 2. The van der Waals surface area contributed by atoms with E-state index in [-0.39, 0.29) is 12.2 Å². The van der Waals surface area contributed by atoms with Gasteiger partial charge in [0.25, 0.3) is 0 Å². The minimum atomic E-state index is 0.142. The highest BCUT2D eigenvalue weighted by atomic mass is 16.5. The van der Waals surface area contributed by atoms with Crippen molar-refractivity contribution in [3.05, 3.63) is 47.6 Å². The van der Waals surface area contributed by atoms with Crippen LogP contribution < -0.4 is 0 Å². The molecule has 4 rings (SSSR count). The molecule has 2 fully saturated rings. The first-order valence-corrected chi connectivity index (χ1v) is 8.58. The van der Waals surface area contributed by atoms with Crippen molar-refractivity contribution in [2.75, 3.05) is 13.2 Å². The van der Waals surface area contributed by atoms with Crippen molar-refractivity contribution in [2.24, 2.45) is 0 Å². The lowest BCUT2D eigenvalue weighted by Gasteiger charge is -2.38. The van der Waals surface area contributed by atoms with Crippen molar-refractivity contribution in [1.29, 1.82) is 0 Å². The second-order valence-corrected chi connectivity index (χ2v) is 6.59. The van der Waals surface area contributed by atoms with Crippen LogP contribution in [-0.4, -0.2) is 46.4 Å². The van der Waals surface area contributed by atoms with E-state index in [1.165, 1.54) is 0 Å². The third-order valence-electron chi connectivity index (χ3n) is 4.88. The Hall–Kier alpha value is -1.76. The van der Waals surface area contributed by atoms with Crippen LogP contribution in [-0.2, 0) is 22.6 Å². The zero-order chi connectivity index (χ0) is 16.4. The SMILES string of the molecule is Cc1cc(CN2CCO[C@H]3[C@H](OCc4cccnc4)CC[C@@H]32)no1. The zero-order valence-electron chi connectivity index (χ0n) is 13.9. The summed E-state index contributed by atoms with van der Waals surface area (Å²) in [6.45, 7) is 5.01. The van der Waals surface area contributed by atoms with Gasteiger partial charge in [-0.2, -0.15) is 0 Å². The van der Waals surface area contributed by atoms with Gasteiger partial charge in [-0.1, -0.05) is 11.2 Å². The first-order chi connectivity index (χ1) is 11.8. The van der Waals surface area contributed by atoms with Crippen molar-refractivity contribution in [3.8, 4) is 0 Å². The summed E-state index contributed by atoms with van der Waals surface area (Å²) in [5.41, 5.74) is 2.10. The number of hydrogen-bond acceptors (Lipinski definition) is 6. The molecule has 0 N–H and O–H groups in total. The number of morpholine rings is 1. The molecule has 128 valence electrons. The molecule has 2 aromatic rings. The van der Waals surface area contributed by atoms with Gasteiger partial charge in [0.2, 0.25) is 0 Å². The van der Waals surface area contributed by atoms with Crippen LogP contribution in [0.5, 0.6) is 0 Å². The third-order valence-corrected chi connectivity index (χ3v) is 4.88. The molecular weight excluding hydrogens is 306 g/mol. The maximum absolute atomic E-state index is 6.14. The van der Waals surface area contributed by atoms with E-state index in [1.807, 2.05) is 31.3 Å². The minimum absolute atomic E-state index is 0.142. The highest BCUT2D eigenvalue weighted by Crippen LogP contribution is 2.33. The zero-order valence-corrected chi connectivity index (χ0v) is 13.9. The largest absolute Gasteiger partial charge is 0.373 e. The summed E-state index contributed by atoms with van der Waals surface area (Å²) in [7, 11) is 0. The number of ether oxygens (including phenoxy) is 2. The third kappa shape index (κ3) is 3.36. The Morgan fingerprint density at radius 1 is 1.38 bits per heavy atom. The molecule has 24 heavy (non-hydrogen) atoms. The number of hydrogen-bond donors (Lipinski definition) is 0. The average Bonchev–Trinajstić information content (AvgIpc) is 3.21. The predicted molar refractivity (Wildman–Crippen MR) is 87.2 cm³/mol. The molecule has 2 aliphatic rings. The second-order valence-electron chi connectivity index (χ2n) is 6.59. The van der Waals surface area contributed by atoms with Gasteiger partial charge in [0.15, 0.2) is 0 Å². The van der Waals surface area contributed by atoms with Crippen molar-refractivity contribution in [1.82, 2.24) is 15.0 Å². The summed E-state index contributed by atoms with van der Waals surface area (Å²) in [5, 5.41) is 4.12. The Kier molecular flexibility index (Phi) is 4.60. The smallest absolute Gasteiger partial charge is 0.133 e. The minimum Gasteiger partial charge on any atom is -0.373 e. The lowest BCUT2D eigenvalue weighted by atomic mass is 10.1. The van der Waals surface area contributed by atoms with Gasteiger partial charge in [-0.05, 0) is 31.4 Å². The van der Waals surface area contributed by atoms with Gasteiger partial charge >= 0.3 is 0 Å². The quantitative estimate of drug-likeness (QED) is 0.839. The summed E-state index contributed by atoms with van der Waals surface area (Å²) in [4.78, 5) is 6.59. The average molecular weight is 329 g/mol. The molecule has 1 saturated heterocycles. The Balaban J connectivity index is 1.37. The van der Waals surface area contributed by atoms with Gasteiger partial charge in [0.05, 0.1) is 31.1 Å². The van der Waals surface area contributed by atoms with Crippen LogP contribution in [0.3, 0.4) is 0 Å². The Bertz CT molecular complexity index is 661. The van der Waals surface area contributed by atoms with Crippen LogP contribution in [0.1, 0.15) is 29.9 Å². The van der Waals surface area contributed by atoms with Gasteiger partial charge < -0.3 is 14.0 Å². The summed E-state index contributed by atoms with van der Waals surface area (Å²) in [6.07, 6.45) is 6.06. The van der Waals surface area contributed by atoms with Crippen LogP contribution >= 0.6 is 0 Å². The molecule has 0 amide bonds. The van der Waals surface area contributed by atoms with Crippen LogP contribution in [0.15, 0.2) is 35.1 Å². The number of pyridine rings is 1. The first kappa shape index (κ1) is 15.7. The maximum atomic E-state index is 6.14. The van der Waals surface area contributed by atoms with E-state index in [0.717, 1.165) is 49.6 Å². The molecule has 1 saturated carbocycles. The molecule has 6 nitrogen and oxygen atoms in total. The van der Waals surface area contributed by atoms with Gasteiger partial charge in [0.1, 0.15) is 5.76 Å². The fourth-order valence-corrected chi connectivity index (χ4v) is 3.75. The summed E-state index contributed by atoms with van der Waals surface area (Å²) >= 11 is 0. The standard InChI is InChI=1S/C18H23N3O3/c1-13-9-15(20-24-13)11-21-7-8-22-18-16(21)4-5-17(18)23-12-14-3-2-6-19-10-14/h2-3,6,9-10,16-18H,4-5,7-8,11-12H2,1H3/t16-,17+,18+/m0/s1. The first-order valence-electron chi connectivity index (χ1n) is 8.58. The molecule has 1 aliphatic heterocycles. The maximum Gasteiger partial charge on any atom is 0.133 e. The molecule has 0 unspecified atom stereocenters. The molecule has 2 aromatic heterocycles. The highest BCUT2D eigenvalue weighted by molar-refractivity contribution is 5.08. The van der Waals surface area contributed by atoms with E-state index >= 15 is 0 Å². The van der Waals surface area contributed by atoms with Gasteiger partial charge in [-0.3, -0.25) is 9.88 Å². The Labute approximate surface area is 141 Å². The molecule has 3 heterocycles. The van der Waals surface area contributed by atoms with E-state index in [9.17, 15) is 0 Å². The molecule has 0 bridgehead atoms. The molecule has 0 radical (unpaired) electrons. The van der Waals surface area contributed by atoms with E-state index in [4.69, 9.17) is 14.0 Å². The second kappa shape index (κ2) is 7.01. The predicted octanol–water partition coefficient (Wildman–Crippen LogP) is 2.33. The van der Waals surface area contributed by atoms with Crippen LogP contribution in [0.2, 0.25) is 0 Å². The lowest BCUT2D eigenvalue weighted by molar-refractivity contribution is -0.119. The summed E-state index contributed by atoms with van der Waals surface area (Å²) in [5.74, 6) is 0.860. The Morgan fingerprint density at radius 3 is 3.12 bits per heavy atom. The molecular formula is C18H23N3O3. The normalized spacial score (nSPS) is 27.3. The van der Waals surface area contributed by atoms with Crippen molar-refractivity contribution in [3.63, 3.8) is 0 Å². The van der Waals surface area contributed by atoms with Crippen molar-refractivity contribution in [2.45, 2.75) is 51.2 Å². The molecule has 1 aliphatic carbocycles. The molecule has 3 atom stereocenters. The van der Waals surface area contributed by atoms with Crippen LogP contribution in [0.4, 0.5) is 0 Å². The number of rotatable bonds is 5. The highest BCUT2D eigenvalue weighted by Gasteiger charge is 2.43. The fraction of sp³-hybridized carbons (Fsp3) is 0.556. The lowest BCUT2D eigenvalue weighted by Crippen LogP contribution is -2.51. The topological polar surface area (TPSA) is 60.6 Å². The van der Waals surface area contributed by atoms with E-state index in [0.29, 0.717) is 12.6 Å². The van der Waals surface area contributed by atoms with Crippen LogP contribution in [0.25, 0.3) is 0 Å². The molecule has 0 aromatic carbocycles. The van der Waals surface area contributed by atoms with Gasteiger partial charge in [-0.25, -0.2) is 0 Å². The number of aryl methyl sites for hydroxylation is 1. The van der Waals surface area contributed by atoms with Gasteiger partial charge in [0, 0.05) is 37.6 Å². The Morgan fingerprint density at radius 2 is 2.33 bits per heavy atom. The van der Waals surface area contributed by atoms with E-state index < -0.39 is 0 Å². The summed E-state index contributed by atoms with van der Waals surface area (Å²) in [6, 6.07) is 6.39. The van der Waals surface area contributed by atoms with Crippen molar-refractivity contribution < 1.29 is 14.0 Å².